The molecule has 1 unspecified atom stereocenters. The number of carbonyl (C=O) groups excluding carboxylic acids is 1. The second-order valence-corrected chi connectivity index (χ2v) is 10.2. The molecule has 0 saturated carbocycles. The molecule has 3 nitrogen and oxygen atoms in total. The second kappa shape index (κ2) is 9.24. The third kappa shape index (κ3) is 4.56. The fourth-order valence-corrected chi connectivity index (χ4v) is 5.09. The summed E-state index contributed by atoms with van der Waals surface area (Å²) in [6, 6.07) is 25.9. The zero-order valence-corrected chi connectivity index (χ0v) is 20.9. The minimum Gasteiger partial charge on any atom is -0.497 e. The molecule has 3 aromatic carbocycles. The molecule has 1 heterocycles. The number of benzene rings is 3. The van der Waals surface area contributed by atoms with Crippen molar-refractivity contribution in [2.45, 2.75) is 26.2 Å². The third-order valence-corrected chi connectivity index (χ3v) is 7.08. The molecule has 4 heteroatoms. The Morgan fingerprint density at radius 2 is 1.66 bits per heavy atom. The molecule has 0 aromatic heterocycles. The van der Waals surface area contributed by atoms with E-state index >= 15 is 0 Å². The monoisotopic (exact) mass is 481 g/mol. The van der Waals surface area contributed by atoms with Gasteiger partial charge in [0.25, 0.3) is 0 Å². The molecular weight excluding hydrogens is 454 g/mol. The Morgan fingerprint density at radius 1 is 0.971 bits per heavy atom. The number of hydrogen-bond donors (Lipinski definition) is 1. The lowest BCUT2D eigenvalue weighted by Crippen LogP contribution is -2.37. The quantitative estimate of drug-likeness (QED) is 0.394. The van der Waals surface area contributed by atoms with Crippen molar-refractivity contribution in [3.63, 3.8) is 0 Å². The highest BCUT2D eigenvalue weighted by Crippen LogP contribution is 2.48. The maximum absolute atomic E-state index is 14.1. The van der Waals surface area contributed by atoms with Crippen LogP contribution in [0, 0.1) is 5.41 Å². The van der Waals surface area contributed by atoms with E-state index in [0.29, 0.717) is 5.02 Å². The molecule has 3 aromatic rings. The first-order valence-corrected chi connectivity index (χ1v) is 12.2. The summed E-state index contributed by atoms with van der Waals surface area (Å²) in [6.07, 6.45) is 4.93. The lowest BCUT2D eigenvalue weighted by Gasteiger charge is -2.40. The summed E-state index contributed by atoms with van der Waals surface area (Å²) in [4.78, 5) is 14.1. The van der Waals surface area contributed by atoms with E-state index in [2.05, 4.69) is 37.4 Å². The van der Waals surface area contributed by atoms with Gasteiger partial charge in [-0.25, -0.2) is 0 Å². The van der Waals surface area contributed by atoms with Crippen LogP contribution in [0.1, 0.15) is 42.9 Å². The second-order valence-electron chi connectivity index (χ2n) is 9.71. The fraction of sp³-hybridized carbons (Fsp3) is 0.194. The summed E-state index contributed by atoms with van der Waals surface area (Å²) in [5, 5.41) is 4.30. The smallest absolute Gasteiger partial charge is 0.188 e. The highest BCUT2D eigenvalue weighted by molar-refractivity contribution is 6.30. The zero-order chi connectivity index (χ0) is 24.6. The van der Waals surface area contributed by atoms with Crippen molar-refractivity contribution in [1.29, 1.82) is 0 Å². The van der Waals surface area contributed by atoms with Gasteiger partial charge in [-0.15, -0.1) is 0 Å². The van der Waals surface area contributed by atoms with Gasteiger partial charge in [-0.2, -0.15) is 0 Å². The third-order valence-electron chi connectivity index (χ3n) is 6.83. The molecule has 0 fully saturated rings. The predicted octanol–water partition coefficient (Wildman–Crippen LogP) is 7.41. The Morgan fingerprint density at radius 3 is 2.31 bits per heavy atom. The van der Waals surface area contributed by atoms with Crippen LogP contribution in [0.2, 0.25) is 5.02 Å². The summed E-state index contributed by atoms with van der Waals surface area (Å²) in [6.45, 7) is 4.28. The highest BCUT2D eigenvalue weighted by atomic mass is 35.5. The first-order valence-electron chi connectivity index (χ1n) is 11.8. The van der Waals surface area contributed by atoms with E-state index in [-0.39, 0.29) is 17.1 Å². The number of halogens is 1. The number of rotatable bonds is 4. The van der Waals surface area contributed by atoms with Gasteiger partial charge >= 0.3 is 0 Å². The van der Waals surface area contributed by atoms with Crippen molar-refractivity contribution < 1.29 is 9.53 Å². The van der Waals surface area contributed by atoms with Gasteiger partial charge in [-0.3, -0.25) is 4.79 Å². The predicted molar refractivity (Wildman–Crippen MR) is 143 cm³/mol. The van der Waals surface area contributed by atoms with E-state index in [4.69, 9.17) is 16.3 Å². The fourth-order valence-electron chi connectivity index (χ4n) is 4.97. The first-order chi connectivity index (χ1) is 16.9. The van der Waals surface area contributed by atoms with E-state index in [9.17, 15) is 4.79 Å². The normalized spacial score (nSPS) is 20.2. The molecule has 0 saturated heterocycles. The minimum absolute atomic E-state index is 0.0950. The standard InChI is InChI=1S/C31H28ClNO2/c1-31(2)19-28-29(30(34)26(31)17-20-9-13-23(32)14-10-20)25(21-7-5-4-6-8-21)18-27(33-28)22-11-15-24(35-3)16-12-22/h4-18,25,33H,19H2,1-3H3/b26-17+. The Labute approximate surface area is 211 Å². The Balaban J connectivity index is 1.61. The topological polar surface area (TPSA) is 38.3 Å². The summed E-state index contributed by atoms with van der Waals surface area (Å²) < 4.78 is 5.33. The van der Waals surface area contributed by atoms with Gasteiger partial charge in [0.2, 0.25) is 0 Å². The van der Waals surface area contributed by atoms with Crippen molar-refractivity contribution in [2.75, 3.05) is 7.11 Å². The van der Waals surface area contributed by atoms with Gasteiger partial charge in [0.05, 0.1) is 7.11 Å². The summed E-state index contributed by atoms with van der Waals surface area (Å²) in [5.74, 6) is 0.773. The van der Waals surface area contributed by atoms with Gasteiger partial charge in [-0.05, 0) is 77.1 Å². The van der Waals surface area contributed by atoms with Gasteiger partial charge in [0, 0.05) is 33.5 Å². The van der Waals surface area contributed by atoms with Crippen LogP contribution >= 0.6 is 11.6 Å². The van der Waals surface area contributed by atoms with Gasteiger partial charge in [0.1, 0.15) is 5.75 Å². The van der Waals surface area contributed by atoms with Crippen LogP contribution in [0.4, 0.5) is 0 Å². The van der Waals surface area contributed by atoms with Crippen molar-refractivity contribution in [1.82, 2.24) is 5.32 Å². The zero-order valence-electron chi connectivity index (χ0n) is 20.1. The molecule has 35 heavy (non-hydrogen) atoms. The highest BCUT2D eigenvalue weighted by Gasteiger charge is 2.42. The molecule has 1 N–H and O–H groups in total. The maximum Gasteiger partial charge on any atom is 0.188 e. The number of nitrogens with one attached hydrogen (secondary N) is 1. The number of hydrogen-bond acceptors (Lipinski definition) is 3. The lowest BCUT2D eigenvalue weighted by atomic mass is 9.67. The van der Waals surface area contributed by atoms with Gasteiger partial charge < -0.3 is 10.1 Å². The van der Waals surface area contributed by atoms with Crippen LogP contribution in [0.15, 0.2) is 102 Å². The van der Waals surface area contributed by atoms with E-state index < -0.39 is 0 Å². The largest absolute Gasteiger partial charge is 0.497 e. The lowest BCUT2D eigenvalue weighted by molar-refractivity contribution is -0.113. The van der Waals surface area contributed by atoms with E-state index in [0.717, 1.165) is 51.4 Å². The van der Waals surface area contributed by atoms with Crippen LogP contribution < -0.4 is 10.1 Å². The molecule has 5 rings (SSSR count). The van der Waals surface area contributed by atoms with Crippen molar-refractivity contribution in [2.24, 2.45) is 5.41 Å². The number of methoxy groups -OCH3 is 1. The van der Waals surface area contributed by atoms with Crippen LogP contribution in [-0.4, -0.2) is 12.9 Å². The molecule has 0 bridgehead atoms. The van der Waals surface area contributed by atoms with E-state index in [1.165, 1.54) is 0 Å². The molecule has 1 atom stereocenters. The molecule has 0 radical (unpaired) electrons. The van der Waals surface area contributed by atoms with Gasteiger partial charge in [0.15, 0.2) is 5.78 Å². The number of ketones is 1. The summed E-state index contributed by atoms with van der Waals surface area (Å²) in [5.41, 5.74) is 6.47. The molecular formula is C31H28ClNO2. The van der Waals surface area contributed by atoms with E-state index in [1.54, 1.807) is 7.11 Å². The first kappa shape index (κ1) is 23.2. The van der Waals surface area contributed by atoms with Crippen molar-refractivity contribution in [3.8, 4) is 5.75 Å². The molecule has 0 spiro atoms. The average molecular weight is 482 g/mol. The van der Waals surface area contributed by atoms with Crippen LogP contribution in [-0.2, 0) is 4.79 Å². The van der Waals surface area contributed by atoms with E-state index in [1.807, 2.05) is 72.8 Å². The van der Waals surface area contributed by atoms with Gasteiger partial charge in [-0.1, -0.05) is 67.9 Å². The van der Waals surface area contributed by atoms with Crippen LogP contribution in [0.5, 0.6) is 5.75 Å². The number of ether oxygens (including phenoxy) is 1. The van der Waals surface area contributed by atoms with Crippen LogP contribution in [0.25, 0.3) is 11.8 Å². The number of allylic oxidation sites excluding steroid dienone is 4. The maximum atomic E-state index is 14.1. The molecule has 0 amide bonds. The molecule has 2 aliphatic rings. The number of Topliss-reactive ketones (excluding diaryl/α,β-unsaturated/α-hetero) is 1. The van der Waals surface area contributed by atoms with Crippen molar-refractivity contribution >= 4 is 29.2 Å². The summed E-state index contributed by atoms with van der Waals surface area (Å²) >= 11 is 6.08. The SMILES string of the molecule is COc1ccc(C2=CC(c3ccccc3)C3=C(CC(C)(C)/C(=C/c4ccc(Cl)cc4)C3=O)N2)cc1. The van der Waals surface area contributed by atoms with Crippen LogP contribution in [0.3, 0.4) is 0 Å². The Kier molecular flexibility index (Phi) is 6.12. The average Bonchev–Trinajstić information content (AvgIpc) is 2.87. The Bertz CT molecular complexity index is 1350. The number of dihydropyridines is 1. The molecule has 176 valence electrons. The minimum atomic E-state index is -0.327. The summed E-state index contributed by atoms with van der Waals surface area (Å²) in [7, 11) is 1.67. The Hall–Kier alpha value is -3.56. The molecule has 1 aliphatic heterocycles. The molecule has 1 aliphatic carbocycles. The number of carbonyl (C=O) groups is 1. The van der Waals surface area contributed by atoms with Crippen molar-refractivity contribution in [3.05, 3.63) is 123 Å².